The van der Waals surface area contributed by atoms with E-state index in [4.69, 9.17) is 22.1 Å². The summed E-state index contributed by atoms with van der Waals surface area (Å²) in [5.41, 5.74) is 9.07. The molecular weight excluding hydrogens is 355 g/mol. The van der Waals surface area contributed by atoms with E-state index in [1.165, 1.54) is 12.1 Å². The normalized spacial score (nSPS) is 16.0. The Kier molecular flexibility index (Phi) is 3.86. The number of H-pyrrole nitrogens is 1. The number of allylic oxidation sites excluding steroid dienone is 1. The van der Waals surface area contributed by atoms with Crippen LogP contribution in [-0.4, -0.2) is 10.2 Å². The largest absolute Gasteiger partial charge is 0.420 e. The molecule has 0 radical (unpaired) electrons. The minimum atomic E-state index is -0.520. The zero-order chi connectivity index (χ0) is 18.3. The van der Waals surface area contributed by atoms with Gasteiger partial charge in [-0.15, -0.1) is 5.10 Å². The number of aromatic amines is 1. The molecule has 1 aliphatic rings. The Morgan fingerprint density at radius 2 is 1.85 bits per heavy atom. The number of rotatable bonds is 2. The molecule has 3 aromatic rings. The van der Waals surface area contributed by atoms with Crippen LogP contribution in [0.5, 0.6) is 5.88 Å². The number of aromatic nitrogens is 2. The van der Waals surface area contributed by atoms with Gasteiger partial charge in [0, 0.05) is 10.6 Å². The molecule has 5 nitrogen and oxygen atoms in total. The highest BCUT2D eigenvalue weighted by Crippen LogP contribution is 2.45. The molecule has 0 fully saturated rings. The van der Waals surface area contributed by atoms with E-state index >= 15 is 0 Å². The highest BCUT2D eigenvalue weighted by atomic mass is 35.5. The van der Waals surface area contributed by atoms with Crippen molar-refractivity contribution in [1.82, 2.24) is 10.2 Å². The van der Waals surface area contributed by atoms with Gasteiger partial charge in [0.2, 0.25) is 11.8 Å². The molecule has 0 aliphatic carbocycles. The lowest BCUT2D eigenvalue weighted by Gasteiger charge is -2.24. The molecule has 0 bridgehead atoms. The molecule has 1 aliphatic heterocycles. The molecule has 7 heteroatoms. The molecular formula is C19H12ClFN4O. The van der Waals surface area contributed by atoms with Gasteiger partial charge in [0.15, 0.2) is 0 Å². The minimum Gasteiger partial charge on any atom is -0.420 e. The number of hydrogen-bond donors (Lipinski definition) is 2. The van der Waals surface area contributed by atoms with Crippen LogP contribution in [0.4, 0.5) is 4.39 Å². The molecule has 4 rings (SSSR count). The molecule has 3 N–H and O–H groups in total. The summed E-state index contributed by atoms with van der Waals surface area (Å²) in [4.78, 5) is 0. The van der Waals surface area contributed by atoms with Gasteiger partial charge >= 0.3 is 0 Å². The summed E-state index contributed by atoms with van der Waals surface area (Å²) >= 11 is 5.97. The van der Waals surface area contributed by atoms with Gasteiger partial charge < -0.3 is 10.5 Å². The zero-order valence-corrected chi connectivity index (χ0v) is 14.1. The molecule has 2 aromatic carbocycles. The maximum Gasteiger partial charge on any atom is 0.244 e. The van der Waals surface area contributed by atoms with Crippen molar-refractivity contribution < 1.29 is 9.13 Å². The van der Waals surface area contributed by atoms with Crippen molar-refractivity contribution in [3.8, 4) is 23.2 Å². The summed E-state index contributed by atoms with van der Waals surface area (Å²) in [7, 11) is 0. The van der Waals surface area contributed by atoms with Crippen LogP contribution in [0, 0.1) is 17.1 Å². The lowest BCUT2D eigenvalue weighted by molar-refractivity contribution is 0.379. The molecule has 1 aromatic heterocycles. The lowest BCUT2D eigenvalue weighted by Crippen LogP contribution is -2.21. The van der Waals surface area contributed by atoms with E-state index in [0.717, 1.165) is 5.56 Å². The Balaban J connectivity index is 1.93. The first-order valence-electron chi connectivity index (χ1n) is 7.75. The van der Waals surface area contributed by atoms with E-state index < -0.39 is 5.92 Å². The molecule has 128 valence electrons. The van der Waals surface area contributed by atoms with Crippen molar-refractivity contribution in [2.75, 3.05) is 0 Å². The first kappa shape index (κ1) is 16.2. The third-order valence-corrected chi connectivity index (χ3v) is 4.53. The SMILES string of the molecule is N#CC1=C(N)Oc2n[nH]c(-c3ccc(Cl)cc3)c2C1c1ccc(F)cc1. The van der Waals surface area contributed by atoms with Crippen LogP contribution < -0.4 is 10.5 Å². The summed E-state index contributed by atoms with van der Waals surface area (Å²) in [5.74, 6) is -0.598. The molecule has 1 atom stereocenters. The van der Waals surface area contributed by atoms with E-state index in [1.54, 1.807) is 24.3 Å². The summed E-state index contributed by atoms with van der Waals surface area (Å²) in [6, 6.07) is 15.2. The van der Waals surface area contributed by atoms with E-state index in [-0.39, 0.29) is 17.3 Å². The van der Waals surface area contributed by atoms with Gasteiger partial charge in [-0.05, 0) is 29.8 Å². The smallest absolute Gasteiger partial charge is 0.244 e. The van der Waals surface area contributed by atoms with Crippen LogP contribution in [0.3, 0.4) is 0 Å². The highest BCUT2D eigenvalue weighted by molar-refractivity contribution is 6.30. The van der Waals surface area contributed by atoms with Crippen LogP contribution in [0.1, 0.15) is 17.0 Å². The van der Waals surface area contributed by atoms with Gasteiger partial charge in [0.05, 0.1) is 17.2 Å². The van der Waals surface area contributed by atoms with Crippen molar-refractivity contribution in [3.05, 3.63) is 82.0 Å². The maximum atomic E-state index is 13.4. The number of nitrogens with one attached hydrogen (secondary N) is 1. The average molecular weight is 367 g/mol. The second kappa shape index (κ2) is 6.21. The van der Waals surface area contributed by atoms with Gasteiger partial charge in [-0.3, -0.25) is 5.10 Å². The molecule has 26 heavy (non-hydrogen) atoms. The van der Waals surface area contributed by atoms with E-state index in [1.807, 2.05) is 12.1 Å². The third-order valence-electron chi connectivity index (χ3n) is 4.28. The van der Waals surface area contributed by atoms with Gasteiger partial charge in [-0.1, -0.05) is 35.9 Å². The Bertz CT molecular complexity index is 1050. The van der Waals surface area contributed by atoms with Crippen molar-refractivity contribution in [2.45, 2.75) is 5.92 Å². The molecule has 0 spiro atoms. The lowest BCUT2D eigenvalue weighted by atomic mass is 9.83. The number of nitriles is 1. The summed E-state index contributed by atoms with van der Waals surface area (Å²) < 4.78 is 18.9. The third kappa shape index (κ3) is 2.59. The standard InChI is InChI=1S/C19H12ClFN4O/c20-12-5-1-11(2-6-12)17-16-15(10-3-7-13(21)8-4-10)14(9-22)18(23)26-19(16)25-24-17/h1-8,15H,23H2,(H,24,25). The Morgan fingerprint density at radius 3 is 2.50 bits per heavy atom. The fourth-order valence-electron chi connectivity index (χ4n) is 3.07. The van der Waals surface area contributed by atoms with Gasteiger partial charge in [-0.25, -0.2) is 4.39 Å². The van der Waals surface area contributed by atoms with E-state index in [2.05, 4.69) is 16.3 Å². The fourth-order valence-corrected chi connectivity index (χ4v) is 3.20. The summed E-state index contributed by atoms with van der Waals surface area (Å²) in [6.07, 6.45) is 0. The quantitative estimate of drug-likeness (QED) is 0.715. The monoisotopic (exact) mass is 366 g/mol. The number of nitrogens with zero attached hydrogens (tertiary/aromatic N) is 2. The van der Waals surface area contributed by atoms with Crippen molar-refractivity contribution in [1.29, 1.82) is 5.26 Å². The number of fused-ring (bicyclic) bond motifs is 1. The van der Waals surface area contributed by atoms with Crippen molar-refractivity contribution in [3.63, 3.8) is 0 Å². The number of ether oxygens (including phenoxy) is 1. The second-order valence-corrected chi connectivity index (χ2v) is 6.24. The Hall–Kier alpha value is -3.30. The van der Waals surface area contributed by atoms with E-state index in [0.29, 0.717) is 27.7 Å². The van der Waals surface area contributed by atoms with Crippen LogP contribution in [0.2, 0.25) is 5.02 Å². The van der Waals surface area contributed by atoms with Crippen LogP contribution in [0.25, 0.3) is 11.3 Å². The topological polar surface area (TPSA) is 87.7 Å². The molecule has 0 saturated heterocycles. The molecule has 2 heterocycles. The first-order valence-corrected chi connectivity index (χ1v) is 8.13. The average Bonchev–Trinajstić information content (AvgIpc) is 3.05. The van der Waals surface area contributed by atoms with Gasteiger partial charge in [-0.2, -0.15) is 5.26 Å². The minimum absolute atomic E-state index is 0.0107. The van der Waals surface area contributed by atoms with Crippen molar-refractivity contribution in [2.24, 2.45) is 5.73 Å². The Labute approximate surface area is 153 Å². The van der Waals surface area contributed by atoms with Crippen LogP contribution in [-0.2, 0) is 0 Å². The van der Waals surface area contributed by atoms with Gasteiger partial charge in [0.1, 0.15) is 17.5 Å². The molecule has 1 unspecified atom stereocenters. The first-order chi connectivity index (χ1) is 12.6. The Morgan fingerprint density at radius 1 is 1.15 bits per heavy atom. The highest BCUT2D eigenvalue weighted by Gasteiger charge is 2.35. The van der Waals surface area contributed by atoms with Crippen LogP contribution >= 0.6 is 11.6 Å². The van der Waals surface area contributed by atoms with Gasteiger partial charge in [0.25, 0.3) is 0 Å². The number of hydrogen-bond acceptors (Lipinski definition) is 4. The molecule has 0 saturated carbocycles. The summed E-state index contributed by atoms with van der Waals surface area (Å²) in [5, 5.41) is 17.4. The predicted octanol–water partition coefficient (Wildman–Crippen LogP) is 4.09. The van der Waals surface area contributed by atoms with Crippen molar-refractivity contribution >= 4 is 11.6 Å². The number of halogens is 2. The maximum absolute atomic E-state index is 13.4. The van der Waals surface area contributed by atoms with Crippen LogP contribution in [0.15, 0.2) is 60.0 Å². The summed E-state index contributed by atoms with van der Waals surface area (Å²) in [6.45, 7) is 0. The van der Waals surface area contributed by atoms with E-state index in [9.17, 15) is 9.65 Å². The fraction of sp³-hybridized carbons (Fsp3) is 0.0526. The predicted molar refractivity (Wildman–Crippen MR) is 94.7 cm³/mol. The second-order valence-electron chi connectivity index (χ2n) is 5.80. The zero-order valence-electron chi connectivity index (χ0n) is 13.3. The number of nitrogens with two attached hydrogens (primary N) is 1. The molecule has 0 amide bonds. The number of benzene rings is 2.